The SMILES string of the molecule is CN1CC(C(F)(F)F)SC1=S. The van der Waals surface area contributed by atoms with E-state index in [4.69, 9.17) is 0 Å². The predicted octanol–water partition coefficient (Wildman–Crippen LogP) is 1.88. The fourth-order valence-corrected chi connectivity index (χ4v) is 2.10. The van der Waals surface area contributed by atoms with Gasteiger partial charge in [0.1, 0.15) is 9.57 Å². The maximum absolute atomic E-state index is 12.0. The summed E-state index contributed by atoms with van der Waals surface area (Å²) in [4.78, 5) is 1.44. The minimum Gasteiger partial charge on any atom is -0.359 e. The van der Waals surface area contributed by atoms with Crippen LogP contribution in [0.3, 0.4) is 0 Å². The Morgan fingerprint density at radius 2 is 2.18 bits per heavy atom. The standard InChI is InChI=1S/C5H6F3NS2/c1-9-2-3(5(6,7)8)11-4(9)10/h3H,2H2,1H3. The van der Waals surface area contributed by atoms with E-state index in [1.807, 2.05) is 0 Å². The van der Waals surface area contributed by atoms with Crippen LogP contribution in [-0.2, 0) is 0 Å². The van der Waals surface area contributed by atoms with Crippen LogP contribution in [0.5, 0.6) is 0 Å². The Morgan fingerprint density at radius 3 is 2.36 bits per heavy atom. The summed E-state index contributed by atoms with van der Waals surface area (Å²) in [6, 6.07) is 0. The first-order valence-corrected chi connectivity index (χ1v) is 4.18. The van der Waals surface area contributed by atoms with Gasteiger partial charge >= 0.3 is 6.18 Å². The molecule has 1 saturated heterocycles. The van der Waals surface area contributed by atoms with Gasteiger partial charge in [-0.3, -0.25) is 0 Å². The highest BCUT2D eigenvalue weighted by Gasteiger charge is 2.45. The molecular formula is C5H6F3NS2. The van der Waals surface area contributed by atoms with Gasteiger partial charge in [-0.15, -0.1) is 0 Å². The third kappa shape index (κ3) is 1.99. The van der Waals surface area contributed by atoms with E-state index in [1.54, 1.807) is 7.05 Å². The van der Waals surface area contributed by atoms with Crippen LogP contribution < -0.4 is 0 Å². The molecule has 1 aliphatic rings. The zero-order valence-electron chi connectivity index (χ0n) is 5.68. The lowest BCUT2D eigenvalue weighted by molar-refractivity contribution is -0.128. The molecule has 0 radical (unpaired) electrons. The normalized spacial score (nSPS) is 26.4. The molecule has 0 aromatic heterocycles. The molecule has 1 heterocycles. The van der Waals surface area contributed by atoms with E-state index in [2.05, 4.69) is 12.2 Å². The summed E-state index contributed by atoms with van der Waals surface area (Å²) in [6.07, 6.45) is -4.13. The molecule has 0 spiro atoms. The van der Waals surface area contributed by atoms with Crippen LogP contribution in [0, 0.1) is 0 Å². The van der Waals surface area contributed by atoms with E-state index in [9.17, 15) is 13.2 Å². The minimum atomic E-state index is -4.13. The van der Waals surface area contributed by atoms with Gasteiger partial charge in [0.25, 0.3) is 0 Å². The van der Waals surface area contributed by atoms with Gasteiger partial charge in [-0.2, -0.15) is 13.2 Å². The summed E-state index contributed by atoms with van der Waals surface area (Å²) in [5, 5.41) is -1.33. The molecule has 1 nitrogen and oxygen atoms in total. The average Bonchev–Trinajstić information content (AvgIpc) is 2.11. The molecule has 1 atom stereocenters. The van der Waals surface area contributed by atoms with Crippen molar-refractivity contribution < 1.29 is 13.2 Å². The van der Waals surface area contributed by atoms with E-state index in [1.165, 1.54) is 4.90 Å². The zero-order chi connectivity index (χ0) is 8.65. The Hall–Kier alpha value is 0.0300. The molecular weight excluding hydrogens is 195 g/mol. The van der Waals surface area contributed by atoms with Crippen LogP contribution in [0.2, 0.25) is 0 Å². The smallest absolute Gasteiger partial charge is 0.359 e. The number of nitrogens with zero attached hydrogens (tertiary/aromatic N) is 1. The van der Waals surface area contributed by atoms with Crippen molar-refractivity contribution in [2.45, 2.75) is 11.4 Å². The van der Waals surface area contributed by atoms with Crippen molar-refractivity contribution in [2.24, 2.45) is 0 Å². The molecule has 1 unspecified atom stereocenters. The maximum Gasteiger partial charge on any atom is 0.402 e. The summed E-state index contributed by atoms with van der Waals surface area (Å²) in [5.74, 6) is 0. The second-order valence-corrected chi connectivity index (χ2v) is 4.13. The first kappa shape index (κ1) is 9.12. The second-order valence-electron chi connectivity index (χ2n) is 2.29. The maximum atomic E-state index is 12.0. The van der Waals surface area contributed by atoms with E-state index in [0.717, 1.165) is 0 Å². The van der Waals surface area contributed by atoms with Crippen molar-refractivity contribution in [2.75, 3.05) is 13.6 Å². The lowest BCUT2D eigenvalue weighted by Gasteiger charge is -2.12. The number of hydrogen-bond donors (Lipinski definition) is 0. The van der Waals surface area contributed by atoms with Gasteiger partial charge in [0.2, 0.25) is 0 Å². The lowest BCUT2D eigenvalue weighted by atomic mass is 10.4. The highest BCUT2D eigenvalue weighted by Crippen LogP contribution is 2.36. The molecule has 0 N–H and O–H groups in total. The molecule has 0 aromatic carbocycles. The van der Waals surface area contributed by atoms with Crippen LogP contribution >= 0.6 is 24.0 Å². The molecule has 0 bridgehead atoms. The molecule has 0 saturated carbocycles. The van der Waals surface area contributed by atoms with Gasteiger partial charge in [0.05, 0.1) is 0 Å². The largest absolute Gasteiger partial charge is 0.402 e. The van der Waals surface area contributed by atoms with Crippen LogP contribution in [-0.4, -0.2) is 34.2 Å². The first-order chi connectivity index (χ1) is 4.91. The molecule has 0 amide bonds. The molecule has 1 fully saturated rings. The Kier molecular flexibility index (Phi) is 2.34. The van der Waals surface area contributed by atoms with E-state index < -0.39 is 11.4 Å². The molecule has 1 aliphatic heterocycles. The van der Waals surface area contributed by atoms with Gasteiger partial charge in [0, 0.05) is 13.6 Å². The fourth-order valence-electron chi connectivity index (χ4n) is 0.743. The van der Waals surface area contributed by atoms with Gasteiger partial charge < -0.3 is 4.90 Å². The second kappa shape index (κ2) is 2.82. The summed E-state index contributed by atoms with van der Waals surface area (Å²) in [7, 11) is 1.57. The minimum absolute atomic E-state index is 0.0208. The Morgan fingerprint density at radius 1 is 1.64 bits per heavy atom. The quantitative estimate of drug-likeness (QED) is 0.551. The Bertz CT molecular complexity index is 179. The number of rotatable bonds is 0. The van der Waals surface area contributed by atoms with Gasteiger partial charge in [0.15, 0.2) is 0 Å². The van der Waals surface area contributed by atoms with E-state index in [-0.39, 0.29) is 6.54 Å². The van der Waals surface area contributed by atoms with E-state index in [0.29, 0.717) is 16.1 Å². The first-order valence-electron chi connectivity index (χ1n) is 2.89. The van der Waals surface area contributed by atoms with Crippen molar-refractivity contribution in [1.82, 2.24) is 4.90 Å². The van der Waals surface area contributed by atoms with Crippen LogP contribution in [0.4, 0.5) is 13.2 Å². The number of halogens is 3. The van der Waals surface area contributed by atoms with Gasteiger partial charge in [-0.25, -0.2) is 0 Å². The molecule has 0 aromatic rings. The van der Waals surface area contributed by atoms with Crippen LogP contribution in [0.25, 0.3) is 0 Å². The van der Waals surface area contributed by atoms with Crippen molar-refractivity contribution >= 4 is 28.3 Å². The Labute approximate surface area is 71.9 Å². The number of alkyl halides is 3. The molecule has 0 aliphatic carbocycles. The van der Waals surface area contributed by atoms with Gasteiger partial charge in [-0.1, -0.05) is 24.0 Å². The highest BCUT2D eigenvalue weighted by atomic mass is 32.2. The number of thioether (sulfide) groups is 1. The topological polar surface area (TPSA) is 3.24 Å². The lowest BCUT2D eigenvalue weighted by Crippen LogP contribution is -2.29. The third-order valence-corrected chi connectivity index (χ3v) is 3.17. The monoisotopic (exact) mass is 201 g/mol. The summed E-state index contributed by atoms with van der Waals surface area (Å²) in [6.45, 7) is -0.0208. The molecule has 6 heteroatoms. The van der Waals surface area contributed by atoms with Gasteiger partial charge in [-0.05, 0) is 0 Å². The number of thiocarbonyl (C=S) groups is 1. The van der Waals surface area contributed by atoms with Crippen molar-refractivity contribution in [3.05, 3.63) is 0 Å². The van der Waals surface area contributed by atoms with Crippen molar-refractivity contribution in [3.63, 3.8) is 0 Å². The van der Waals surface area contributed by atoms with Crippen LogP contribution in [0.1, 0.15) is 0 Å². The third-order valence-electron chi connectivity index (χ3n) is 1.36. The predicted molar refractivity (Wildman–Crippen MR) is 42.7 cm³/mol. The Balaban J connectivity index is 2.61. The van der Waals surface area contributed by atoms with Crippen molar-refractivity contribution in [1.29, 1.82) is 0 Å². The fraction of sp³-hybridized carbons (Fsp3) is 0.800. The average molecular weight is 201 g/mol. The zero-order valence-corrected chi connectivity index (χ0v) is 7.32. The van der Waals surface area contributed by atoms with Crippen molar-refractivity contribution in [3.8, 4) is 0 Å². The number of hydrogen-bond acceptors (Lipinski definition) is 2. The van der Waals surface area contributed by atoms with E-state index >= 15 is 0 Å². The molecule has 11 heavy (non-hydrogen) atoms. The van der Waals surface area contributed by atoms with Crippen LogP contribution in [0.15, 0.2) is 0 Å². The molecule has 1 rings (SSSR count). The highest BCUT2D eigenvalue weighted by molar-refractivity contribution is 8.23. The summed E-state index contributed by atoms with van der Waals surface area (Å²) < 4.78 is 36.3. The molecule has 64 valence electrons. The summed E-state index contributed by atoms with van der Waals surface area (Å²) in [5.41, 5.74) is 0. The summed E-state index contributed by atoms with van der Waals surface area (Å²) >= 11 is 5.39.